The van der Waals surface area contributed by atoms with Gasteiger partial charge < -0.3 is 9.84 Å². The lowest BCUT2D eigenvalue weighted by Crippen LogP contribution is -2.37. The zero-order valence-electron chi connectivity index (χ0n) is 13.3. The van der Waals surface area contributed by atoms with Crippen molar-refractivity contribution in [1.82, 2.24) is 20.4 Å². The van der Waals surface area contributed by atoms with E-state index < -0.39 is 0 Å². The Morgan fingerprint density at radius 1 is 1.40 bits per heavy atom. The van der Waals surface area contributed by atoms with E-state index >= 15 is 0 Å². The second-order valence-corrected chi connectivity index (χ2v) is 6.79. The number of hydrogen-bond donors (Lipinski definition) is 1. The molecule has 0 aliphatic carbocycles. The Hall–Kier alpha value is -0.940. The molecule has 1 saturated heterocycles. The van der Waals surface area contributed by atoms with Gasteiger partial charge in [0.05, 0.1) is 6.54 Å². The van der Waals surface area contributed by atoms with Crippen molar-refractivity contribution in [1.29, 1.82) is 0 Å². The molecule has 2 heterocycles. The van der Waals surface area contributed by atoms with Gasteiger partial charge in [0, 0.05) is 18.0 Å². The van der Waals surface area contributed by atoms with E-state index in [0.29, 0.717) is 6.04 Å². The minimum absolute atomic E-state index is 0.0756. The summed E-state index contributed by atoms with van der Waals surface area (Å²) in [6, 6.07) is 0.621. The van der Waals surface area contributed by atoms with Crippen LogP contribution in [0.5, 0.6) is 0 Å². The third kappa shape index (κ3) is 4.28. The van der Waals surface area contributed by atoms with Gasteiger partial charge in [0.1, 0.15) is 0 Å². The first kappa shape index (κ1) is 15.4. The van der Waals surface area contributed by atoms with Gasteiger partial charge in [-0.3, -0.25) is 4.90 Å². The maximum atomic E-state index is 5.37. The van der Waals surface area contributed by atoms with E-state index in [4.69, 9.17) is 4.52 Å². The van der Waals surface area contributed by atoms with Crippen molar-refractivity contribution in [2.24, 2.45) is 0 Å². The summed E-state index contributed by atoms with van der Waals surface area (Å²) in [5, 5.41) is 7.69. The van der Waals surface area contributed by atoms with Crippen LogP contribution >= 0.6 is 0 Å². The molecule has 114 valence electrons. The highest BCUT2D eigenvalue weighted by atomic mass is 16.5. The van der Waals surface area contributed by atoms with Gasteiger partial charge in [-0.05, 0) is 32.4 Å². The average Bonchev–Trinajstić information content (AvgIpc) is 2.99. The molecule has 0 spiro atoms. The van der Waals surface area contributed by atoms with E-state index in [0.717, 1.165) is 44.3 Å². The zero-order valence-corrected chi connectivity index (χ0v) is 13.3. The molecule has 1 fully saturated rings. The fourth-order valence-corrected chi connectivity index (χ4v) is 2.60. The van der Waals surface area contributed by atoms with Crippen LogP contribution in [0.3, 0.4) is 0 Å². The van der Waals surface area contributed by atoms with Gasteiger partial charge in [-0.1, -0.05) is 32.9 Å². The van der Waals surface area contributed by atoms with Crippen LogP contribution in [0, 0.1) is 0 Å². The SMILES string of the molecule is CCCN(Cc1noc(C(C)(C)C)n1)CC1CCCN1. The topological polar surface area (TPSA) is 54.2 Å². The van der Waals surface area contributed by atoms with Gasteiger partial charge in [0.15, 0.2) is 5.82 Å². The highest BCUT2D eigenvalue weighted by Crippen LogP contribution is 2.20. The maximum Gasteiger partial charge on any atom is 0.232 e. The molecule has 0 radical (unpaired) electrons. The van der Waals surface area contributed by atoms with E-state index in [1.54, 1.807) is 0 Å². The minimum atomic E-state index is -0.0756. The van der Waals surface area contributed by atoms with E-state index in [-0.39, 0.29) is 5.41 Å². The van der Waals surface area contributed by atoms with Crippen LogP contribution in [0.1, 0.15) is 58.7 Å². The lowest BCUT2D eigenvalue weighted by molar-refractivity contribution is 0.232. The van der Waals surface area contributed by atoms with Gasteiger partial charge in [0.2, 0.25) is 5.89 Å². The number of aromatic nitrogens is 2. The Bertz CT molecular complexity index is 404. The van der Waals surface area contributed by atoms with Crippen LogP contribution in [0.2, 0.25) is 0 Å². The molecule has 5 heteroatoms. The zero-order chi connectivity index (χ0) is 14.6. The van der Waals surface area contributed by atoms with Crippen LogP contribution in [0.25, 0.3) is 0 Å². The summed E-state index contributed by atoms with van der Waals surface area (Å²) in [6.07, 6.45) is 3.72. The summed E-state index contributed by atoms with van der Waals surface area (Å²) in [5.41, 5.74) is -0.0756. The largest absolute Gasteiger partial charge is 0.339 e. The third-order valence-electron chi connectivity index (χ3n) is 3.66. The lowest BCUT2D eigenvalue weighted by atomic mass is 9.97. The molecule has 0 amide bonds. The molecule has 0 saturated carbocycles. The van der Waals surface area contributed by atoms with Gasteiger partial charge in [-0.2, -0.15) is 4.98 Å². The number of nitrogens with one attached hydrogen (secondary N) is 1. The molecular formula is C15H28N4O. The van der Waals surface area contributed by atoms with Crippen molar-refractivity contribution in [3.8, 4) is 0 Å². The predicted molar refractivity (Wildman–Crippen MR) is 79.6 cm³/mol. The quantitative estimate of drug-likeness (QED) is 0.866. The highest BCUT2D eigenvalue weighted by Gasteiger charge is 2.23. The Morgan fingerprint density at radius 3 is 2.75 bits per heavy atom. The van der Waals surface area contributed by atoms with Crippen molar-refractivity contribution in [3.05, 3.63) is 11.7 Å². The normalized spacial score (nSPS) is 19.9. The second kappa shape index (κ2) is 6.68. The highest BCUT2D eigenvalue weighted by molar-refractivity contribution is 4.98. The van der Waals surface area contributed by atoms with Crippen molar-refractivity contribution >= 4 is 0 Å². The van der Waals surface area contributed by atoms with E-state index in [1.807, 2.05) is 0 Å². The van der Waals surface area contributed by atoms with Crippen molar-refractivity contribution < 1.29 is 4.52 Å². The van der Waals surface area contributed by atoms with Crippen LogP contribution in [0.15, 0.2) is 4.52 Å². The summed E-state index contributed by atoms with van der Waals surface area (Å²) in [5.74, 6) is 1.53. The fraction of sp³-hybridized carbons (Fsp3) is 0.867. The number of nitrogens with zero attached hydrogens (tertiary/aromatic N) is 3. The summed E-state index contributed by atoms with van der Waals surface area (Å²) < 4.78 is 5.37. The maximum absolute atomic E-state index is 5.37. The van der Waals surface area contributed by atoms with Crippen LogP contribution in [-0.4, -0.2) is 40.7 Å². The second-order valence-electron chi connectivity index (χ2n) is 6.79. The van der Waals surface area contributed by atoms with Crippen LogP contribution in [0.4, 0.5) is 0 Å². The summed E-state index contributed by atoms with van der Waals surface area (Å²) in [6.45, 7) is 12.6. The minimum Gasteiger partial charge on any atom is -0.339 e. The molecule has 1 unspecified atom stereocenters. The van der Waals surface area contributed by atoms with Gasteiger partial charge >= 0.3 is 0 Å². The van der Waals surface area contributed by atoms with Gasteiger partial charge in [0.25, 0.3) is 0 Å². The van der Waals surface area contributed by atoms with Gasteiger partial charge in [-0.15, -0.1) is 0 Å². The average molecular weight is 280 g/mol. The Balaban J connectivity index is 1.94. The summed E-state index contributed by atoms with van der Waals surface area (Å²) in [7, 11) is 0. The number of rotatable bonds is 6. The lowest BCUT2D eigenvalue weighted by Gasteiger charge is -2.23. The smallest absolute Gasteiger partial charge is 0.232 e. The van der Waals surface area contributed by atoms with Gasteiger partial charge in [-0.25, -0.2) is 0 Å². The molecule has 1 aliphatic rings. The van der Waals surface area contributed by atoms with Crippen molar-refractivity contribution in [3.63, 3.8) is 0 Å². The molecule has 0 aromatic carbocycles. The van der Waals surface area contributed by atoms with Crippen molar-refractivity contribution in [2.75, 3.05) is 19.6 Å². The fourth-order valence-electron chi connectivity index (χ4n) is 2.60. The Morgan fingerprint density at radius 2 is 2.20 bits per heavy atom. The monoisotopic (exact) mass is 280 g/mol. The molecule has 1 aromatic rings. The summed E-state index contributed by atoms with van der Waals surface area (Å²) in [4.78, 5) is 6.97. The molecular weight excluding hydrogens is 252 g/mol. The molecule has 1 atom stereocenters. The molecule has 1 aliphatic heterocycles. The summed E-state index contributed by atoms with van der Waals surface area (Å²) >= 11 is 0. The van der Waals surface area contributed by atoms with Crippen LogP contribution in [-0.2, 0) is 12.0 Å². The van der Waals surface area contributed by atoms with E-state index in [2.05, 4.69) is 48.1 Å². The molecule has 2 rings (SSSR count). The Labute approximate surface area is 122 Å². The standard InChI is InChI=1S/C15H28N4O/c1-5-9-19(10-12-7-6-8-16-12)11-13-17-14(20-18-13)15(2,3)4/h12,16H,5-11H2,1-4H3. The predicted octanol–water partition coefficient (Wildman–Crippen LogP) is 2.33. The van der Waals surface area contributed by atoms with Crippen LogP contribution < -0.4 is 5.32 Å². The molecule has 5 nitrogen and oxygen atoms in total. The molecule has 20 heavy (non-hydrogen) atoms. The van der Waals surface area contributed by atoms with E-state index in [9.17, 15) is 0 Å². The van der Waals surface area contributed by atoms with Crippen molar-refractivity contribution in [2.45, 2.75) is 65.0 Å². The third-order valence-corrected chi connectivity index (χ3v) is 3.66. The molecule has 1 N–H and O–H groups in total. The number of hydrogen-bond acceptors (Lipinski definition) is 5. The van der Waals surface area contributed by atoms with E-state index in [1.165, 1.54) is 12.8 Å². The first-order valence-electron chi connectivity index (χ1n) is 7.78. The first-order chi connectivity index (χ1) is 9.49. The Kier molecular flexibility index (Phi) is 5.16. The molecule has 1 aromatic heterocycles. The first-order valence-corrected chi connectivity index (χ1v) is 7.78. The molecule has 0 bridgehead atoms.